The number of carbonyl (C=O) groups excluding carboxylic acids is 1. The number of benzene rings is 2. The molecule has 1 fully saturated rings. The molecule has 0 radical (unpaired) electrons. The molecular weight excluding hydrogens is 370 g/mol. The predicted molar refractivity (Wildman–Crippen MR) is 122 cm³/mol. The van der Waals surface area contributed by atoms with Gasteiger partial charge in [0.15, 0.2) is 0 Å². The van der Waals surface area contributed by atoms with Crippen molar-refractivity contribution < 1.29 is 4.79 Å². The molecule has 2 aromatic carbocycles. The Labute approximate surface area is 181 Å². The Hall–Kier alpha value is -2.17. The minimum Gasteiger partial charge on any atom is -0.349 e. The summed E-state index contributed by atoms with van der Waals surface area (Å²) in [6, 6.07) is 19.5. The second-order valence-corrected chi connectivity index (χ2v) is 9.10. The van der Waals surface area contributed by atoms with Gasteiger partial charge in [0.2, 0.25) is 5.91 Å². The van der Waals surface area contributed by atoms with Gasteiger partial charge in [-0.2, -0.15) is 0 Å². The van der Waals surface area contributed by atoms with Crippen molar-refractivity contribution in [2.45, 2.75) is 44.7 Å². The third kappa shape index (κ3) is 5.71. The minimum atomic E-state index is 0.181. The summed E-state index contributed by atoms with van der Waals surface area (Å²) in [4.78, 5) is 17.5. The minimum absolute atomic E-state index is 0.181. The summed E-state index contributed by atoms with van der Waals surface area (Å²) >= 11 is 0. The highest BCUT2D eigenvalue weighted by Crippen LogP contribution is 2.29. The molecule has 1 saturated heterocycles. The van der Waals surface area contributed by atoms with E-state index in [0.717, 1.165) is 45.4 Å². The highest BCUT2D eigenvalue weighted by molar-refractivity contribution is 5.76. The normalized spacial score (nSPS) is 21.5. The topological polar surface area (TPSA) is 35.6 Å². The summed E-state index contributed by atoms with van der Waals surface area (Å²) in [5, 5.41) is 3.28. The van der Waals surface area contributed by atoms with Crippen LogP contribution in [-0.2, 0) is 17.8 Å². The first-order chi connectivity index (χ1) is 14.7. The summed E-state index contributed by atoms with van der Waals surface area (Å²) in [6.45, 7) is 5.28. The fourth-order valence-electron chi connectivity index (χ4n) is 5.04. The number of nitrogens with one attached hydrogen (secondary N) is 1. The molecule has 1 aliphatic heterocycles. The van der Waals surface area contributed by atoms with Crippen LogP contribution < -0.4 is 5.32 Å². The number of aryl methyl sites for hydroxylation is 1. The Kier molecular flexibility index (Phi) is 7.19. The number of likely N-dealkylation sites (tertiary alicyclic amines) is 1. The van der Waals surface area contributed by atoms with Crippen molar-refractivity contribution in [3.8, 4) is 0 Å². The number of fused-ring (bicyclic) bond motifs is 1. The number of carbonyl (C=O) groups is 1. The molecule has 2 aromatic rings. The molecule has 1 heterocycles. The Morgan fingerprint density at radius 2 is 1.90 bits per heavy atom. The van der Waals surface area contributed by atoms with Crippen LogP contribution in [0.3, 0.4) is 0 Å². The highest BCUT2D eigenvalue weighted by Gasteiger charge is 2.24. The van der Waals surface area contributed by atoms with Crippen molar-refractivity contribution in [3.05, 3.63) is 71.3 Å². The molecule has 160 valence electrons. The molecule has 4 nitrogen and oxygen atoms in total. The van der Waals surface area contributed by atoms with Crippen LogP contribution in [0.15, 0.2) is 54.6 Å². The van der Waals surface area contributed by atoms with Gasteiger partial charge in [-0.1, -0.05) is 54.6 Å². The van der Waals surface area contributed by atoms with Gasteiger partial charge in [-0.15, -0.1) is 0 Å². The maximum absolute atomic E-state index is 12.6. The standard InChI is InChI=1S/C26H35N3O/c1-28(18-22-14-17-29(20-22)19-21-8-3-2-4-9-21)16-15-26(30)27-25-13-7-11-23-10-5-6-12-24(23)25/h2-6,8-10,12,22,25H,7,11,13-20H2,1H3,(H,27,30)/t22-,25-/m1/s1. The van der Waals surface area contributed by atoms with Gasteiger partial charge in [0.05, 0.1) is 6.04 Å². The van der Waals surface area contributed by atoms with Crippen molar-refractivity contribution in [2.75, 3.05) is 33.2 Å². The smallest absolute Gasteiger partial charge is 0.221 e. The predicted octanol–water partition coefficient (Wildman–Crippen LogP) is 4.02. The van der Waals surface area contributed by atoms with Crippen LogP contribution in [0, 0.1) is 5.92 Å². The van der Waals surface area contributed by atoms with E-state index in [4.69, 9.17) is 0 Å². The van der Waals surface area contributed by atoms with Crippen molar-refractivity contribution >= 4 is 5.91 Å². The van der Waals surface area contributed by atoms with Crippen molar-refractivity contribution in [1.29, 1.82) is 0 Å². The molecule has 0 bridgehead atoms. The molecule has 1 amide bonds. The fourth-order valence-corrected chi connectivity index (χ4v) is 5.04. The zero-order valence-corrected chi connectivity index (χ0v) is 18.2. The largest absolute Gasteiger partial charge is 0.349 e. The van der Waals surface area contributed by atoms with E-state index >= 15 is 0 Å². The molecule has 4 rings (SSSR count). The monoisotopic (exact) mass is 405 g/mol. The lowest BCUT2D eigenvalue weighted by molar-refractivity contribution is -0.122. The van der Waals surface area contributed by atoms with E-state index in [9.17, 15) is 4.79 Å². The van der Waals surface area contributed by atoms with E-state index in [2.05, 4.69) is 76.8 Å². The number of amides is 1. The quantitative estimate of drug-likeness (QED) is 0.720. The lowest BCUT2D eigenvalue weighted by Gasteiger charge is -2.27. The maximum atomic E-state index is 12.6. The molecule has 1 aliphatic carbocycles. The maximum Gasteiger partial charge on any atom is 0.221 e. The van der Waals surface area contributed by atoms with Gasteiger partial charge in [-0.3, -0.25) is 9.69 Å². The summed E-state index contributed by atoms with van der Waals surface area (Å²) in [7, 11) is 2.16. The second-order valence-electron chi connectivity index (χ2n) is 9.10. The van der Waals surface area contributed by atoms with Crippen molar-refractivity contribution in [1.82, 2.24) is 15.1 Å². The van der Waals surface area contributed by atoms with Crippen LogP contribution in [0.25, 0.3) is 0 Å². The zero-order valence-electron chi connectivity index (χ0n) is 18.2. The average Bonchev–Trinajstić information content (AvgIpc) is 3.20. The molecule has 1 N–H and O–H groups in total. The fraction of sp³-hybridized carbons (Fsp3) is 0.500. The molecule has 2 atom stereocenters. The summed E-state index contributed by atoms with van der Waals surface area (Å²) in [5.74, 6) is 0.882. The summed E-state index contributed by atoms with van der Waals surface area (Å²) < 4.78 is 0. The van der Waals surface area contributed by atoms with Gasteiger partial charge >= 0.3 is 0 Å². The van der Waals surface area contributed by atoms with Gasteiger partial charge in [0.25, 0.3) is 0 Å². The lowest BCUT2D eigenvalue weighted by atomic mass is 9.87. The molecule has 0 saturated carbocycles. The number of hydrogen-bond donors (Lipinski definition) is 1. The van der Waals surface area contributed by atoms with Crippen LogP contribution in [0.2, 0.25) is 0 Å². The van der Waals surface area contributed by atoms with E-state index in [-0.39, 0.29) is 11.9 Å². The third-order valence-corrected chi connectivity index (χ3v) is 6.61. The Morgan fingerprint density at radius 1 is 1.10 bits per heavy atom. The summed E-state index contributed by atoms with van der Waals surface area (Å²) in [6.07, 6.45) is 5.17. The van der Waals surface area contributed by atoms with Crippen LogP contribution in [-0.4, -0.2) is 48.9 Å². The number of rotatable bonds is 8. The van der Waals surface area contributed by atoms with Crippen molar-refractivity contribution in [3.63, 3.8) is 0 Å². The van der Waals surface area contributed by atoms with Gasteiger partial charge in [-0.05, 0) is 61.9 Å². The van der Waals surface area contributed by atoms with Gasteiger partial charge in [0.1, 0.15) is 0 Å². The van der Waals surface area contributed by atoms with Gasteiger partial charge in [0, 0.05) is 32.6 Å². The Bertz CT molecular complexity index is 822. The van der Waals surface area contributed by atoms with E-state index < -0.39 is 0 Å². The molecule has 30 heavy (non-hydrogen) atoms. The van der Waals surface area contributed by atoms with Gasteiger partial charge in [-0.25, -0.2) is 0 Å². The molecular formula is C26H35N3O. The molecule has 2 aliphatic rings. The third-order valence-electron chi connectivity index (χ3n) is 6.61. The molecule has 4 heteroatoms. The molecule has 0 spiro atoms. The average molecular weight is 406 g/mol. The Balaban J connectivity index is 1.17. The summed E-state index contributed by atoms with van der Waals surface area (Å²) in [5.41, 5.74) is 4.11. The van der Waals surface area contributed by atoms with E-state index in [0.29, 0.717) is 12.3 Å². The number of hydrogen-bond acceptors (Lipinski definition) is 3. The number of nitrogens with zero attached hydrogens (tertiary/aromatic N) is 2. The SMILES string of the molecule is CN(CCC(=O)N[C@@H]1CCCc2ccccc21)C[C@H]1CCN(Cc2ccccc2)C1. The second kappa shape index (κ2) is 10.2. The lowest BCUT2D eigenvalue weighted by Crippen LogP contribution is -2.35. The van der Waals surface area contributed by atoms with Gasteiger partial charge < -0.3 is 10.2 Å². The molecule has 0 aromatic heterocycles. The first kappa shape index (κ1) is 21.1. The zero-order chi connectivity index (χ0) is 20.8. The van der Waals surface area contributed by atoms with Crippen LogP contribution in [0.5, 0.6) is 0 Å². The van der Waals surface area contributed by atoms with Crippen molar-refractivity contribution in [2.24, 2.45) is 5.92 Å². The Morgan fingerprint density at radius 3 is 2.77 bits per heavy atom. The molecule has 0 unspecified atom stereocenters. The van der Waals surface area contributed by atoms with E-state index in [1.807, 2.05) is 0 Å². The van der Waals surface area contributed by atoms with E-state index in [1.165, 1.54) is 29.7 Å². The highest BCUT2D eigenvalue weighted by atomic mass is 16.1. The van der Waals surface area contributed by atoms with E-state index in [1.54, 1.807) is 0 Å². The van der Waals surface area contributed by atoms with Crippen LogP contribution in [0.4, 0.5) is 0 Å². The first-order valence-corrected chi connectivity index (χ1v) is 11.5. The van der Waals surface area contributed by atoms with Crippen LogP contribution >= 0.6 is 0 Å². The first-order valence-electron chi connectivity index (χ1n) is 11.5. The van der Waals surface area contributed by atoms with Crippen LogP contribution in [0.1, 0.15) is 48.4 Å².